The average Bonchev–Trinajstić information content (AvgIpc) is 3.06. The quantitative estimate of drug-likeness (QED) is 0.247. The maximum atomic E-state index is 5.58. The third-order valence-corrected chi connectivity index (χ3v) is 3.77. The summed E-state index contributed by atoms with van der Waals surface area (Å²) in [7, 11) is 1.77. The van der Waals surface area contributed by atoms with E-state index in [0.717, 1.165) is 49.3 Å². The van der Waals surface area contributed by atoms with Gasteiger partial charge in [-0.2, -0.15) is 0 Å². The summed E-state index contributed by atoms with van der Waals surface area (Å²) in [6.07, 6.45) is 6.50. The van der Waals surface area contributed by atoms with Gasteiger partial charge in [0.15, 0.2) is 5.96 Å². The molecule has 0 atom stereocenters. The monoisotopic (exact) mass is 486 g/mol. The summed E-state index contributed by atoms with van der Waals surface area (Å²) < 4.78 is 7.53. The van der Waals surface area contributed by atoms with E-state index in [1.54, 1.807) is 13.2 Å². The highest BCUT2D eigenvalue weighted by molar-refractivity contribution is 14.0. The zero-order valence-corrected chi connectivity index (χ0v) is 18.9. The topological polar surface area (TPSA) is 76.4 Å². The van der Waals surface area contributed by atoms with E-state index in [-0.39, 0.29) is 24.0 Å². The molecule has 0 spiro atoms. The minimum absolute atomic E-state index is 0. The van der Waals surface area contributed by atoms with Crippen LogP contribution in [0.25, 0.3) is 5.82 Å². The lowest BCUT2D eigenvalue weighted by Gasteiger charge is -2.12. The Bertz CT molecular complexity index is 684. The number of halogens is 1. The number of hydrogen-bond acceptors (Lipinski definition) is 4. The number of rotatable bonds is 9. The molecular formula is C19H31IN6O. The number of pyridine rings is 1. The predicted molar refractivity (Wildman–Crippen MR) is 120 cm³/mol. The number of guanidine groups is 1. The van der Waals surface area contributed by atoms with Crippen molar-refractivity contribution in [1.82, 2.24) is 25.2 Å². The highest BCUT2D eigenvalue weighted by atomic mass is 127. The normalized spacial score (nSPS) is 11.4. The van der Waals surface area contributed by atoms with Crippen LogP contribution in [-0.2, 0) is 11.3 Å². The molecule has 0 unspecified atom stereocenters. The van der Waals surface area contributed by atoms with Crippen LogP contribution in [-0.4, -0.2) is 47.3 Å². The fraction of sp³-hybridized carbons (Fsp3) is 0.526. The van der Waals surface area contributed by atoms with E-state index >= 15 is 0 Å². The van der Waals surface area contributed by atoms with Crippen LogP contribution < -0.4 is 10.6 Å². The molecule has 2 aromatic heterocycles. The van der Waals surface area contributed by atoms with Gasteiger partial charge in [0.05, 0.1) is 0 Å². The Labute approximate surface area is 179 Å². The zero-order chi connectivity index (χ0) is 18.8. The SMILES string of the molecule is CN=C(NCCCOCC(C)C)NCc1ccc(-n2ccnc2C)nc1.I. The Morgan fingerprint density at radius 1 is 1.26 bits per heavy atom. The molecule has 27 heavy (non-hydrogen) atoms. The van der Waals surface area contributed by atoms with Crippen LogP contribution in [0.5, 0.6) is 0 Å². The molecule has 2 heterocycles. The Morgan fingerprint density at radius 3 is 2.67 bits per heavy atom. The molecule has 0 aliphatic rings. The van der Waals surface area contributed by atoms with E-state index in [9.17, 15) is 0 Å². The van der Waals surface area contributed by atoms with E-state index in [4.69, 9.17) is 4.74 Å². The Hall–Kier alpha value is -1.68. The van der Waals surface area contributed by atoms with Crippen LogP contribution >= 0.6 is 24.0 Å². The lowest BCUT2D eigenvalue weighted by atomic mass is 10.2. The molecule has 150 valence electrons. The first-order chi connectivity index (χ1) is 12.6. The third kappa shape index (κ3) is 8.25. The van der Waals surface area contributed by atoms with Crippen molar-refractivity contribution in [3.05, 3.63) is 42.1 Å². The highest BCUT2D eigenvalue weighted by Crippen LogP contribution is 2.08. The first-order valence-corrected chi connectivity index (χ1v) is 9.07. The maximum absolute atomic E-state index is 5.58. The number of imidazole rings is 1. The largest absolute Gasteiger partial charge is 0.381 e. The number of aliphatic imine (C=N–C) groups is 1. The van der Waals surface area contributed by atoms with E-state index in [1.807, 2.05) is 30.0 Å². The molecule has 0 amide bonds. The number of aromatic nitrogens is 3. The van der Waals surface area contributed by atoms with Crippen molar-refractivity contribution in [3.63, 3.8) is 0 Å². The van der Waals surface area contributed by atoms with Gasteiger partial charge in [-0.15, -0.1) is 24.0 Å². The fourth-order valence-electron chi connectivity index (χ4n) is 2.39. The van der Waals surface area contributed by atoms with E-state index in [1.165, 1.54) is 0 Å². The first-order valence-electron chi connectivity index (χ1n) is 9.07. The van der Waals surface area contributed by atoms with E-state index in [0.29, 0.717) is 12.5 Å². The van der Waals surface area contributed by atoms with Gasteiger partial charge in [0.1, 0.15) is 11.6 Å². The summed E-state index contributed by atoms with van der Waals surface area (Å²) in [4.78, 5) is 13.0. The van der Waals surface area contributed by atoms with Crippen molar-refractivity contribution >= 4 is 29.9 Å². The Balaban J connectivity index is 0.00000364. The minimum atomic E-state index is 0. The van der Waals surface area contributed by atoms with Crippen molar-refractivity contribution in [2.75, 3.05) is 26.8 Å². The van der Waals surface area contributed by atoms with Gasteiger partial charge in [-0.1, -0.05) is 19.9 Å². The first kappa shape index (κ1) is 23.4. The van der Waals surface area contributed by atoms with Crippen molar-refractivity contribution in [1.29, 1.82) is 0 Å². The molecule has 0 aliphatic heterocycles. The van der Waals surface area contributed by atoms with E-state index < -0.39 is 0 Å². The van der Waals surface area contributed by atoms with E-state index in [2.05, 4.69) is 45.5 Å². The van der Waals surface area contributed by atoms with Crippen molar-refractivity contribution < 1.29 is 4.74 Å². The summed E-state index contributed by atoms with van der Waals surface area (Å²) in [5.41, 5.74) is 1.09. The van der Waals surface area contributed by atoms with Gasteiger partial charge in [-0.25, -0.2) is 9.97 Å². The van der Waals surface area contributed by atoms with Crippen molar-refractivity contribution in [2.24, 2.45) is 10.9 Å². The van der Waals surface area contributed by atoms with Gasteiger partial charge in [0.25, 0.3) is 0 Å². The standard InChI is InChI=1S/C19H30N6O.HI/c1-15(2)14-26-11-5-8-22-19(20-4)24-13-17-6-7-18(23-12-17)25-10-9-21-16(25)3;/h6-7,9-10,12,15H,5,8,11,13-14H2,1-4H3,(H2,20,22,24);1H. The van der Waals surface area contributed by atoms with Crippen LogP contribution in [0.1, 0.15) is 31.7 Å². The molecule has 0 radical (unpaired) electrons. The maximum Gasteiger partial charge on any atom is 0.191 e. The highest BCUT2D eigenvalue weighted by Gasteiger charge is 2.03. The second kappa shape index (κ2) is 12.7. The molecular weight excluding hydrogens is 455 g/mol. The predicted octanol–water partition coefficient (Wildman–Crippen LogP) is 2.92. The molecule has 2 aromatic rings. The lowest BCUT2D eigenvalue weighted by molar-refractivity contribution is 0.108. The number of hydrogen-bond donors (Lipinski definition) is 2. The van der Waals surface area contributed by atoms with Crippen molar-refractivity contribution in [2.45, 2.75) is 33.7 Å². The van der Waals surface area contributed by atoms with Gasteiger partial charge < -0.3 is 15.4 Å². The van der Waals surface area contributed by atoms with Gasteiger partial charge in [-0.05, 0) is 30.9 Å². The summed E-state index contributed by atoms with van der Waals surface area (Å²) in [6, 6.07) is 4.05. The van der Waals surface area contributed by atoms with Crippen LogP contribution in [0.15, 0.2) is 35.7 Å². The molecule has 0 saturated carbocycles. The molecule has 0 saturated heterocycles. The average molecular weight is 486 g/mol. The van der Waals surface area contributed by atoms with Crippen LogP contribution in [0.3, 0.4) is 0 Å². The fourth-order valence-corrected chi connectivity index (χ4v) is 2.39. The lowest BCUT2D eigenvalue weighted by Crippen LogP contribution is -2.37. The summed E-state index contributed by atoms with van der Waals surface area (Å²) in [5, 5.41) is 6.59. The van der Waals surface area contributed by atoms with Gasteiger partial charge in [-0.3, -0.25) is 9.56 Å². The van der Waals surface area contributed by atoms with Gasteiger partial charge in [0.2, 0.25) is 0 Å². The molecule has 2 rings (SSSR count). The smallest absolute Gasteiger partial charge is 0.191 e. The number of ether oxygens (including phenoxy) is 1. The molecule has 0 bridgehead atoms. The van der Waals surface area contributed by atoms with Crippen LogP contribution in [0, 0.1) is 12.8 Å². The van der Waals surface area contributed by atoms with Gasteiger partial charge in [0, 0.05) is 51.9 Å². The summed E-state index contributed by atoms with van der Waals surface area (Å²) >= 11 is 0. The second-order valence-electron chi connectivity index (χ2n) is 6.54. The number of aryl methyl sites for hydroxylation is 1. The second-order valence-corrected chi connectivity index (χ2v) is 6.54. The zero-order valence-electron chi connectivity index (χ0n) is 16.6. The van der Waals surface area contributed by atoms with Gasteiger partial charge >= 0.3 is 0 Å². The molecule has 0 aliphatic carbocycles. The molecule has 0 fully saturated rings. The molecule has 8 heteroatoms. The number of nitrogens with one attached hydrogen (secondary N) is 2. The minimum Gasteiger partial charge on any atom is -0.381 e. The number of nitrogens with zero attached hydrogens (tertiary/aromatic N) is 4. The Morgan fingerprint density at radius 2 is 2.07 bits per heavy atom. The summed E-state index contributed by atoms with van der Waals surface area (Å²) in [5.74, 6) is 3.15. The molecule has 2 N–H and O–H groups in total. The summed E-state index contributed by atoms with van der Waals surface area (Å²) in [6.45, 7) is 9.34. The van der Waals surface area contributed by atoms with Crippen LogP contribution in [0.4, 0.5) is 0 Å². The van der Waals surface area contributed by atoms with Crippen molar-refractivity contribution in [3.8, 4) is 5.82 Å². The third-order valence-electron chi connectivity index (χ3n) is 3.77. The van der Waals surface area contributed by atoms with Crippen LogP contribution in [0.2, 0.25) is 0 Å². The Kier molecular flexibility index (Phi) is 11.0. The molecule has 0 aromatic carbocycles. The molecule has 7 nitrogen and oxygen atoms in total.